The highest BCUT2D eigenvalue weighted by molar-refractivity contribution is 5.78. The Balaban J connectivity index is 4.26. The molecule has 100 valence electrons. The van der Waals surface area contributed by atoms with Crippen LogP contribution < -0.4 is 5.32 Å². The van der Waals surface area contributed by atoms with Crippen molar-refractivity contribution in [3.05, 3.63) is 0 Å². The van der Waals surface area contributed by atoms with Crippen LogP contribution in [-0.4, -0.2) is 35.6 Å². The molecule has 0 saturated carbocycles. The summed E-state index contributed by atoms with van der Waals surface area (Å²) in [6, 6.07) is 0. The van der Waals surface area contributed by atoms with E-state index in [-0.39, 0.29) is 12.5 Å². The van der Waals surface area contributed by atoms with E-state index in [2.05, 4.69) is 5.32 Å². The van der Waals surface area contributed by atoms with E-state index in [1.807, 2.05) is 13.8 Å². The van der Waals surface area contributed by atoms with Crippen LogP contribution in [0.2, 0.25) is 0 Å². The first-order chi connectivity index (χ1) is 7.61. The highest BCUT2D eigenvalue weighted by Crippen LogP contribution is 2.07. The Morgan fingerprint density at radius 3 is 2.18 bits per heavy atom. The minimum Gasteiger partial charge on any atom is -0.478 e. The lowest BCUT2D eigenvalue weighted by Crippen LogP contribution is -2.45. The maximum Gasteiger partial charge on any atom is 0.410 e. The highest BCUT2D eigenvalue weighted by atomic mass is 16.6. The topological polar surface area (TPSA) is 84.9 Å². The number of hydrogen-bond donors (Lipinski definition) is 2. The van der Waals surface area contributed by atoms with Crippen molar-refractivity contribution in [1.82, 2.24) is 5.32 Å². The number of amides is 1. The summed E-state index contributed by atoms with van der Waals surface area (Å²) in [5.41, 5.74) is -0.675. The Kier molecular flexibility index (Phi) is 5.95. The van der Waals surface area contributed by atoms with Crippen molar-refractivity contribution in [3.63, 3.8) is 0 Å². The van der Waals surface area contributed by atoms with Gasteiger partial charge in [0, 0.05) is 0 Å². The maximum absolute atomic E-state index is 11.3. The van der Waals surface area contributed by atoms with Crippen molar-refractivity contribution < 1.29 is 24.2 Å². The Morgan fingerprint density at radius 1 is 1.29 bits per heavy atom. The molecule has 0 aliphatic carbocycles. The summed E-state index contributed by atoms with van der Waals surface area (Å²) >= 11 is 0. The first kappa shape index (κ1) is 15.7. The summed E-state index contributed by atoms with van der Waals surface area (Å²) in [7, 11) is 0. The predicted molar refractivity (Wildman–Crippen MR) is 61.6 cm³/mol. The van der Waals surface area contributed by atoms with Gasteiger partial charge in [-0.15, -0.1) is 0 Å². The molecule has 0 rings (SSSR count). The Labute approximate surface area is 101 Å². The van der Waals surface area contributed by atoms with Gasteiger partial charge in [0.25, 0.3) is 0 Å². The molecule has 0 aromatic heterocycles. The number of nitrogens with one attached hydrogen (secondary N) is 1. The third kappa shape index (κ3) is 8.50. The average molecular weight is 247 g/mol. The lowest BCUT2D eigenvalue weighted by Gasteiger charge is -2.22. The second-order valence-corrected chi connectivity index (χ2v) is 5.09. The monoisotopic (exact) mass is 247 g/mol. The minimum absolute atomic E-state index is 0.178. The minimum atomic E-state index is -1.38. The molecule has 0 aliphatic rings. The summed E-state index contributed by atoms with van der Waals surface area (Å²) in [4.78, 5) is 22.2. The molecular weight excluding hydrogens is 226 g/mol. The van der Waals surface area contributed by atoms with Crippen molar-refractivity contribution in [1.29, 1.82) is 0 Å². The summed E-state index contributed by atoms with van der Waals surface area (Å²) in [6.07, 6.45) is -2.19. The number of alkyl carbamates (subject to hydrolysis) is 1. The average Bonchev–Trinajstić information content (AvgIpc) is 2.08. The fourth-order valence-electron chi connectivity index (χ4n) is 0.878. The van der Waals surface area contributed by atoms with E-state index in [0.29, 0.717) is 0 Å². The largest absolute Gasteiger partial charge is 0.478 e. The highest BCUT2D eigenvalue weighted by Gasteiger charge is 2.24. The summed E-state index contributed by atoms with van der Waals surface area (Å²) < 4.78 is 9.97. The van der Waals surface area contributed by atoms with Crippen LogP contribution in [0, 0.1) is 5.92 Å². The third-order valence-corrected chi connectivity index (χ3v) is 1.47. The van der Waals surface area contributed by atoms with Crippen LogP contribution in [0.5, 0.6) is 0 Å². The molecule has 0 aliphatic heterocycles. The zero-order chi connectivity index (χ0) is 13.6. The molecule has 6 nitrogen and oxygen atoms in total. The van der Waals surface area contributed by atoms with Gasteiger partial charge in [-0.25, -0.2) is 9.59 Å². The fraction of sp³-hybridized carbons (Fsp3) is 0.818. The molecule has 1 amide bonds. The van der Waals surface area contributed by atoms with Gasteiger partial charge in [-0.2, -0.15) is 0 Å². The SMILES string of the molecule is CC(C)COC(NC(=O)OC(C)(C)C)C(=O)O. The quantitative estimate of drug-likeness (QED) is 0.721. The van der Waals surface area contributed by atoms with Crippen molar-refractivity contribution in [2.45, 2.75) is 46.4 Å². The second-order valence-electron chi connectivity index (χ2n) is 5.09. The van der Waals surface area contributed by atoms with Crippen LogP contribution in [0.3, 0.4) is 0 Å². The summed E-state index contributed by atoms with van der Waals surface area (Å²) in [5, 5.41) is 11.0. The molecule has 0 heterocycles. The van der Waals surface area contributed by atoms with Gasteiger partial charge in [0.1, 0.15) is 5.60 Å². The molecule has 0 aromatic carbocycles. The molecule has 2 N–H and O–H groups in total. The first-order valence-electron chi connectivity index (χ1n) is 5.45. The molecule has 0 radical (unpaired) electrons. The van der Waals surface area contributed by atoms with Crippen molar-refractivity contribution in [2.75, 3.05) is 6.61 Å². The lowest BCUT2D eigenvalue weighted by atomic mass is 10.2. The number of aliphatic carboxylic acids is 1. The van der Waals surface area contributed by atoms with Gasteiger partial charge >= 0.3 is 12.1 Å². The van der Waals surface area contributed by atoms with Gasteiger partial charge in [0.2, 0.25) is 6.23 Å². The molecule has 0 bridgehead atoms. The van der Waals surface area contributed by atoms with Crippen LogP contribution in [-0.2, 0) is 14.3 Å². The van der Waals surface area contributed by atoms with Crippen LogP contribution in [0.25, 0.3) is 0 Å². The van der Waals surface area contributed by atoms with E-state index in [9.17, 15) is 9.59 Å². The molecule has 17 heavy (non-hydrogen) atoms. The van der Waals surface area contributed by atoms with Crippen molar-refractivity contribution >= 4 is 12.1 Å². The zero-order valence-corrected chi connectivity index (χ0v) is 10.9. The molecule has 6 heteroatoms. The zero-order valence-electron chi connectivity index (χ0n) is 10.9. The fourth-order valence-corrected chi connectivity index (χ4v) is 0.878. The maximum atomic E-state index is 11.3. The van der Waals surface area contributed by atoms with Crippen LogP contribution >= 0.6 is 0 Å². The van der Waals surface area contributed by atoms with E-state index in [1.54, 1.807) is 20.8 Å². The number of carboxylic acids is 1. The predicted octanol–water partition coefficient (Wildman–Crippen LogP) is 1.59. The molecule has 1 unspecified atom stereocenters. The van der Waals surface area contributed by atoms with Gasteiger partial charge in [-0.3, -0.25) is 5.32 Å². The van der Waals surface area contributed by atoms with Gasteiger partial charge in [0.05, 0.1) is 6.61 Å². The van der Waals surface area contributed by atoms with Crippen LogP contribution in [0.15, 0.2) is 0 Å². The molecular formula is C11H21NO5. The number of hydrogen-bond acceptors (Lipinski definition) is 4. The van der Waals surface area contributed by atoms with Crippen LogP contribution in [0.4, 0.5) is 4.79 Å². The number of ether oxygens (including phenoxy) is 2. The molecule has 1 atom stereocenters. The lowest BCUT2D eigenvalue weighted by molar-refractivity contribution is -0.153. The van der Waals surface area contributed by atoms with Crippen molar-refractivity contribution in [2.24, 2.45) is 5.92 Å². The number of carboxylic acid groups (broad SMARTS) is 1. The van der Waals surface area contributed by atoms with Gasteiger partial charge in [-0.1, -0.05) is 13.8 Å². The van der Waals surface area contributed by atoms with E-state index in [0.717, 1.165) is 0 Å². The molecule has 0 fully saturated rings. The summed E-state index contributed by atoms with van der Waals surface area (Å²) in [6.45, 7) is 9.08. The summed E-state index contributed by atoms with van der Waals surface area (Å²) in [5.74, 6) is -1.08. The van der Waals surface area contributed by atoms with E-state index >= 15 is 0 Å². The smallest absolute Gasteiger partial charge is 0.410 e. The van der Waals surface area contributed by atoms with Gasteiger partial charge < -0.3 is 14.6 Å². The van der Waals surface area contributed by atoms with Crippen LogP contribution in [0.1, 0.15) is 34.6 Å². The second kappa shape index (κ2) is 6.44. The van der Waals surface area contributed by atoms with Gasteiger partial charge in [-0.05, 0) is 26.7 Å². The van der Waals surface area contributed by atoms with Gasteiger partial charge in [0.15, 0.2) is 0 Å². The standard InChI is InChI=1S/C11H21NO5/c1-7(2)6-16-8(9(13)14)12-10(15)17-11(3,4)5/h7-8H,6H2,1-5H3,(H,12,15)(H,13,14). The third-order valence-electron chi connectivity index (χ3n) is 1.47. The molecule has 0 saturated heterocycles. The molecule has 0 spiro atoms. The number of carbonyl (C=O) groups excluding carboxylic acids is 1. The number of carbonyl (C=O) groups is 2. The Bertz CT molecular complexity index is 270. The Hall–Kier alpha value is -1.30. The number of rotatable bonds is 5. The first-order valence-corrected chi connectivity index (χ1v) is 5.45. The van der Waals surface area contributed by atoms with E-state index in [1.165, 1.54) is 0 Å². The van der Waals surface area contributed by atoms with Crippen molar-refractivity contribution in [3.8, 4) is 0 Å². The van der Waals surface area contributed by atoms with E-state index in [4.69, 9.17) is 14.6 Å². The van der Waals surface area contributed by atoms with E-state index < -0.39 is 23.9 Å². The Morgan fingerprint density at radius 2 is 1.82 bits per heavy atom. The normalized spacial score (nSPS) is 13.3. The molecule has 0 aromatic rings.